The molecule has 0 atom stereocenters. The Balaban J connectivity index is 1.43. The Labute approximate surface area is 201 Å². The first-order valence-electron chi connectivity index (χ1n) is 10.2. The highest BCUT2D eigenvalue weighted by Gasteiger charge is 2.27. The molecule has 1 N–H and O–H groups in total. The van der Waals surface area contributed by atoms with Crippen LogP contribution >= 0.6 is 22.9 Å². The number of carbonyl (C=O) groups is 1. The molecule has 1 aliphatic rings. The smallest absolute Gasteiger partial charge is 0.266 e. The van der Waals surface area contributed by atoms with Crippen molar-refractivity contribution in [2.75, 3.05) is 42.9 Å². The van der Waals surface area contributed by atoms with Crippen LogP contribution in [0.3, 0.4) is 0 Å². The Hall–Kier alpha value is -2.82. The van der Waals surface area contributed by atoms with Gasteiger partial charge in [-0.15, -0.1) is 0 Å². The number of nitrogens with zero attached hydrogens (tertiary/aromatic N) is 3. The number of anilines is 2. The number of ether oxygens (including phenoxy) is 1. The van der Waals surface area contributed by atoms with Gasteiger partial charge >= 0.3 is 0 Å². The third kappa shape index (κ3) is 5.23. The minimum atomic E-state index is -3.83. The van der Waals surface area contributed by atoms with Gasteiger partial charge in [-0.1, -0.05) is 29.0 Å². The lowest BCUT2D eigenvalue weighted by Crippen LogP contribution is -2.48. The highest BCUT2D eigenvalue weighted by molar-refractivity contribution is 7.93. The van der Waals surface area contributed by atoms with E-state index in [0.29, 0.717) is 41.8 Å². The van der Waals surface area contributed by atoms with E-state index in [4.69, 9.17) is 16.3 Å². The number of benzene rings is 2. The molecule has 8 nitrogen and oxygen atoms in total. The average Bonchev–Trinajstić information content (AvgIpc) is 3.18. The predicted octanol–water partition coefficient (Wildman–Crippen LogP) is 3.88. The van der Waals surface area contributed by atoms with Crippen molar-refractivity contribution in [2.45, 2.75) is 11.8 Å². The number of nitrogens with one attached hydrogen (secondary N) is 1. The zero-order valence-corrected chi connectivity index (χ0v) is 20.5. The molecule has 0 bridgehead atoms. The molecule has 0 unspecified atom stereocenters. The summed E-state index contributed by atoms with van der Waals surface area (Å²) in [5.41, 5.74) is 1.54. The lowest BCUT2D eigenvalue weighted by Gasteiger charge is -2.36. The van der Waals surface area contributed by atoms with Crippen LogP contribution in [-0.4, -0.2) is 57.5 Å². The first kappa shape index (κ1) is 23.3. The predicted molar refractivity (Wildman–Crippen MR) is 130 cm³/mol. The van der Waals surface area contributed by atoms with Gasteiger partial charge in [0, 0.05) is 43.0 Å². The zero-order chi connectivity index (χ0) is 23.6. The van der Waals surface area contributed by atoms with E-state index in [1.165, 1.54) is 24.3 Å². The fourth-order valence-electron chi connectivity index (χ4n) is 3.54. The van der Waals surface area contributed by atoms with E-state index in [2.05, 4.69) is 14.6 Å². The van der Waals surface area contributed by atoms with Crippen molar-refractivity contribution in [3.63, 3.8) is 0 Å². The molecule has 3 aromatic rings. The molecule has 1 saturated heterocycles. The molecule has 2 heterocycles. The molecule has 1 aromatic heterocycles. The Morgan fingerprint density at radius 1 is 1.12 bits per heavy atom. The SMILES string of the molecule is COc1cccc(N2CCN(C(=O)c3sc(NS(=O)(=O)c4ccc(Cl)cc4)nc3C)CC2)c1. The monoisotopic (exact) mass is 506 g/mol. The van der Waals surface area contributed by atoms with Crippen LogP contribution < -0.4 is 14.4 Å². The van der Waals surface area contributed by atoms with E-state index in [1.54, 1.807) is 18.9 Å². The van der Waals surface area contributed by atoms with Crippen LogP contribution in [0.25, 0.3) is 0 Å². The van der Waals surface area contributed by atoms with Crippen LogP contribution in [0.1, 0.15) is 15.4 Å². The molecule has 1 amide bonds. The van der Waals surface area contributed by atoms with Crippen molar-refractivity contribution in [3.8, 4) is 5.75 Å². The van der Waals surface area contributed by atoms with Crippen molar-refractivity contribution in [1.82, 2.24) is 9.88 Å². The maximum absolute atomic E-state index is 13.1. The average molecular weight is 507 g/mol. The second-order valence-electron chi connectivity index (χ2n) is 7.47. The molecule has 0 spiro atoms. The number of hydrogen-bond donors (Lipinski definition) is 1. The van der Waals surface area contributed by atoms with Gasteiger partial charge in [0.1, 0.15) is 10.6 Å². The van der Waals surface area contributed by atoms with Crippen LogP contribution in [0.4, 0.5) is 10.8 Å². The number of sulfonamides is 1. The number of aryl methyl sites for hydroxylation is 1. The number of piperazine rings is 1. The molecule has 0 aliphatic carbocycles. The van der Waals surface area contributed by atoms with Crippen molar-refractivity contribution in [3.05, 3.63) is 64.1 Å². The summed E-state index contributed by atoms with van der Waals surface area (Å²) < 4.78 is 33.0. The molecule has 11 heteroatoms. The fourth-order valence-corrected chi connectivity index (χ4v) is 5.84. The molecule has 174 valence electrons. The second kappa shape index (κ2) is 9.58. The van der Waals surface area contributed by atoms with Crippen LogP contribution in [0.5, 0.6) is 5.75 Å². The van der Waals surface area contributed by atoms with Gasteiger partial charge in [0.05, 0.1) is 17.7 Å². The summed E-state index contributed by atoms with van der Waals surface area (Å²) in [4.78, 5) is 21.9. The largest absolute Gasteiger partial charge is 0.497 e. The molecule has 0 radical (unpaired) electrons. The van der Waals surface area contributed by atoms with E-state index in [0.717, 1.165) is 22.8 Å². The summed E-state index contributed by atoms with van der Waals surface area (Å²) in [6, 6.07) is 13.7. The third-order valence-corrected chi connectivity index (χ3v) is 8.12. The number of rotatable bonds is 6. The molecule has 0 saturated carbocycles. The van der Waals surface area contributed by atoms with Gasteiger partial charge in [-0.2, -0.15) is 0 Å². The van der Waals surface area contributed by atoms with Crippen molar-refractivity contribution in [1.29, 1.82) is 0 Å². The maximum Gasteiger partial charge on any atom is 0.266 e. The van der Waals surface area contributed by atoms with E-state index in [9.17, 15) is 13.2 Å². The number of thiazole rings is 1. The highest BCUT2D eigenvalue weighted by atomic mass is 35.5. The van der Waals surface area contributed by atoms with Gasteiger partial charge in [-0.3, -0.25) is 9.52 Å². The molecule has 1 fully saturated rings. The number of aromatic nitrogens is 1. The summed E-state index contributed by atoms with van der Waals surface area (Å²) in [5, 5.41) is 0.597. The third-order valence-electron chi connectivity index (χ3n) is 5.32. The van der Waals surface area contributed by atoms with E-state index in [-0.39, 0.29) is 15.9 Å². The summed E-state index contributed by atoms with van der Waals surface area (Å²) >= 11 is 6.88. The number of halogens is 1. The normalized spacial score (nSPS) is 14.3. The van der Waals surface area contributed by atoms with Gasteiger partial charge in [-0.25, -0.2) is 13.4 Å². The number of carbonyl (C=O) groups excluding carboxylic acids is 1. The quantitative estimate of drug-likeness (QED) is 0.545. The van der Waals surface area contributed by atoms with E-state index in [1.807, 2.05) is 24.3 Å². The topological polar surface area (TPSA) is 91.8 Å². The summed E-state index contributed by atoms with van der Waals surface area (Å²) in [6.07, 6.45) is 0. The standard InChI is InChI=1S/C22H23ClN4O4S2/c1-15-20(32-22(24-15)25-33(29,30)19-8-6-16(23)7-9-19)21(28)27-12-10-26(11-13-27)17-4-3-5-18(14-17)31-2/h3-9,14H,10-13H2,1-2H3,(H,24,25). The first-order valence-corrected chi connectivity index (χ1v) is 12.9. The zero-order valence-electron chi connectivity index (χ0n) is 18.1. The lowest BCUT2D eigenvalue weighted by molar-refractivity contribution is 0.0750. The van der Waals surface area contributed by atoms with E-state index >= 15 is 0 Å². The second-order valence-corrected chi connectivity index (χ2v) is 10.6. The molecular formula is C22H23ClN4O4S2. The Morgan fingerprint density at radius 3 is 2.48 bits per heavy atom. The number of hydrogen-bond acceptors (Lipinski definition) is 7. The summed E-state index contributed by atoms with van der Waals surface area (Å²) in [6.45, 7) is 4.19. The van der Waals surface area contributed by atoms with Crippen LogP contribution in [0.2, 0.25) is 5.02 Å². The maximum atomic E-state index is 13.1. The van der Waals surface area contributed by atoms with Crippen LogP contribution in [-0.2, 0) is 10.0 Å². The lowest BCUT2D eigenvalue weighted by atomic mass is 10.2. The number of amides is 1. The van der Waals surface area contributed by atoms with Crippen molar-refractivity contribution < 1.29 is 17.9 Å². The summed E-state index contributed by atoms with van der Waals surface area (Å²) in [7, 11) is -2.19. The summed E-state index contributed by atoms with van der Waals surface area (Å²) in [5.74, 6) is 0.645. The van der Waals surface area contributed by atoms with Crippen molar-refractivity contribution in [2.24, 2.45) is 0 Å². The minimum Gasteiger partial charge on any atom is -0.497 e. The number of methoxy groups -OCH3 is 1. The van der Waals surface area contributed by atoms with Crippen LogP contribution in [0.15, 0.2) is 53.4 Å². The molecular weight excluding hydrogens is 484 g/mol. The molecule has 33 heavy (non-hydrogen) atoms. The fraction of sp³-hybridized carbons (Fsp3) is 0.273. The Kier molecular flexibility index (Phi) is 6.78. The van der Waals surface area contributed by atoms with E-state index < -0.39 is 10.0 Å². The van der Waals surface area contributed by atoms with Gasteiger partial charge < -0.3 is 14.5 Å². The van der Waals surface area contributed by atoms with Crippen LogP contribution in [0, 0.1) is 6.92 Å². The molecule has 4 rings (SSSR count). The van der Waals surface area contributed by atoms with Gasteiger partial charge in [0.25, 0.3) is 15.9 Å². The van der Waals surface area contributed by atoms with Crippen molar-refractivity contribution >= 4 is 49.7 Å². The molecule has 1 aliphatic heterocycles. The first-order chi connectivity index (χ1) is 15.8. The minimum absolute atomic E-state index is 0.0706. The van der Waals surface area contributed by atoms with Gasteiger partial charge in [0.15, 0.2) is 5.13 Å². The van der Waals surface area contributed by atoms with Gasteiger partial charge in [-0.05, 0) is 43.3 Å². The Morgan fingerprint density at radius 2 is 1.82 bits per heavy atom. The molecule has 2 aromatic carbocycles. The Bertz CT molecular complexity index is 1250. The van der Waals surface area contributed by atoms with Gasteiger partial charge in [0.2, 0.25) is 0 Å². The highest BCUT2D eigenvalue weighted by Crippen LogP contribution is 2.28.